The number of rotatable bonds is 54. The lowest BCUT2D eigenvalue weighted by Crippen LogP contribution is -2.46. The second kappa shape index (κ2) is 49.2. The fraction of sp³-hybridized carbons (Fsp3) is 0.947. The van der Waals surface area contributed by atoms with Gasteiger partial charge in [0.25, 0.3) is 7.82 Å². The number of hydrogen-bond donors (Lipinski definition) is 2. The Labute approximate surface area is 412 Å². The van der Waals surface area contributed by atoms with Gasteiger partial charge in [-0.2, -0.15) is 0 Å². The number of phosphoric ester groups is 1. The summed E-state index contributed by atoms with van der Waals surface area (Å²) in [6, 6.07) is -0.797. The highest BCUT2D eigenvalue weighted by atomic mass is 31.2. The number of nitrogens with zero attached hydrogens (tertiary/aromatic N) is 1. The largest absolute Gasteiger partial charge is 0.756 e. The lowest BCUT2D eigenvalue weighted by molar-refractivity contribution is -0.870. The molecule has 0 saturated carbocycles. The van der Waals surface area contributed by atoms with Gasteiger partial charge in [0.2, 0.25) is 5.91 Å². The molecule has 2 N–H and O–H groups in total. The van der Waals surface area contributed by atoms with Crippen molar-refractivity contribution in [1.82, 2.24) is 5.32 Å². The molecule has 0 aliphatic carbocycles. The Kier molecular flexibility index (Phi) is 48.7. The van der Waals surface area contributed by atoms with Crippen molar-refractivity contribution in [2.24, 2.45) is 0 Å². The molecule has 0 saturated heterocycles. The van der Waals surface area contributed by atoms with E-state index in [1.54, 1.807) is 0 Å². The summed E-state index contributed by atoms with van der Waals surface area (Å²) in [5.41, 5.74) is 0. The number of aliphatic hydroxyl groups is 1. The number of unbranched alkanes of at least 4 members (excludes halogenated alkanes) is 39. The van der Waals surface area contributed by atoms with Crippen molar-refractivity contribution in [1.29, 1.82) is 0 Å². The van der Waals surface area contributed by atoms with Crippen LogP contribution in [0.5, 0.6) is 0 Å². The topological polar surface area (TPSA) is 108 Å². The standard InChI is InChI=1S/C57H115N2O6P/c1-6-8-10-12-14-16-18-20-22-24-25-26-27-28-29-30-31-32-33-35-37-39-41-43-45-47-49-51-57(61)58-55(54-65-66(62,63)64-53-52-59(3,4)5)56(60)50-48-46-44-42-40-38-36-34-23-21-19-17-15-13-11-9-7-2/h24-25,55-56,60H,6-23,26-54H2,1-5H3,(H-,58,61,62,63)/b25-24-. The van der Waals surface area contributed by atoms with Gasteiger partial charge in [0.1, 0.15) is 13.2 Å². The third-order valence-corrected chi connectivity index (χ3v) is 14.5. The van der Waals surface area contributed by atoms with Crippen molar-refractivity contribution in [3.8, 4) is 0 Å². The SMILES string of the molecule is CCCCCCCCCC/C=C\CCCCCCCCCCCCCCCCCC(=O)NC(COP(=O)([O-])OCC[N+](C)(C)C)C(O)CCCCCCCCCCCCCCCCCCC. The van der Waals surface area contributed by atoms with Crippen LogP contribution in [0.3, 0.4) is 0 Å². The molecule has 394 valence electrons. The van der Waals surface area contributed by atoms with Crippen molar-refractivity contribution in [2.75, 3.05) is 40.9 Å². The number of quaternary nitrogens is 1. The average molecular weight is 956 g/mol. The Morgan fingerprint density at radius 1 is 0.515 bits per heavy atom. The molecule has 0 aliphatic heterocycles. The molecular formula is C57H115N2O6P. The number of nitrogens with one attached hydrogen (secondary N) is 1. The van der Waals surface area contributed by atoms with Gasteiger partial charge in [-0.3, -0.25) is 9.36 Å². The summed E-state index contributed by atoms with van der Waals surface area (Å²) in [4.78, 5) is 25.5. The van der Waals surface area contributed by atoms with Gasteiger partial charge in [-0.15, -0.1) is 0 Å². The van der Waals surface area contributed by atoms with Crippen molar-refractivity contribution < 1.29 is 32.9 Å². The first-order chi connectivity index (χ1) is 32.0. The van der Waals surface area contributed by atoms with E-state index in [1.807, 2.05) is 21.1 Å². The summed E-state index contributed by atoms with van der Waals surface area (Å²) in [7, 11) is 1.32. The minimum atomic E-state index is -4.57. The molecule has 3 atom stereocenters. The number of allylic oxidation sites excluding steroid dienone is 2. The van der Waals surface area contributed by atoms with Crippen LogP contribution in [0.25, 0.3) is 0 Å². The Hall–Kier alpha value is -0.760. The highest BCUT2D eigenvalue weighted by Gasteiger charge is 2.24. The predicted molar refractivity (Wildman–Crippen MR) is 284 cm³/mol. The molecule has 0 fully saturated rings. The molecule has 3 unspecified atom stereocenters. The monoisotopic (exact) mass is 955 g/mol. The molecular weight excluding hydrogens is 840 g/mol. The molecule has 0 aromatic carbocycles. The number of likely N-dealkylation sites (N-methyl/N-ethyl adjacent to an activating group) is 1. The van der Waals surface area contributed by atoms with E-state index < -0.39 is 20.0 Å². The highest BCUT2D eigenvalue weighted by molar-refractivity contribution is 7.45. The molecule has 9 heteroatoms. The summed E-state index contributed by atoms with van der Waals surface area (Å²) >= 11 is 0. The molecule has 0 aromatic rings. The van der Waals surface area contributed by atoms with E-state index in [2.05, 4.69) is 31.3 Å². The van der Waals surface area contributed by atoms with Crippen LogP contribution in [-0.2, 0) is 18.4 Å². The maximum absolute atomic E-state index is 13.0. The zero-order valence-electron chi connectivity index (χ0n) is 44.9. The van der Waals surface area contributed by atoms with Gasteiger partial charge in [0.05, 0.1) is 39.9 Å². The predicted octanol–water partition coefficient (Wildman–Crippen LogP) is 16.8. The van der Waals surface area contributed by atoms with Crippen LogP contribution in [0.4, 0.5) is 0 Å². The first-order valence-corrected chi connectivity index (χ1v) is 30.5. The summed E-state index contributed by atoms with van der Waals surface area (Å²) in [6.45, 7) is 4.76. The van der Waals surface area contributed by atoms with Crippen molar-refractivity contribution in [2.45, 2.75) is 309 Å². The number of hydrogen-bond acceptors (Lipinski definition) is 6. The minimum Gasteiger partial charge on any atom is -0.756 e. The van der Waals surface area contributed by atoms with Crippen molar-refractivity contribution >= 4 is 13.7 Å². The summed E-state index contributed by atoms with van der Waals surface area (Å²) < 4.78 is 23.4. The third-order valence-electron chi connectivity index (χ3n) is 13.5. The van der Waals surface area contributed by atoms with E-state index in [4.69, 9.17) is 9.05 Å². The van der Waals surface area contributed by atoms with Gasteiger partial charge < -0.3 is 28.8 Å². The molecule has 1 amide bonds. The molecule has 0 heterocycles. The maximum atomic E-state index is 13.0. The number of amides is 1. The van der Waals surface area contributed by atoms with Crippen LogP contribution in [0.1, 0.15) is 296 Å². The number of carbonyl (C=O) groups is 1. The van der Waals surface area contributed by atoms with Crippen LogP contribution < -0.4 is 10.2 Å². The van der Waals surface area contributed by atoms with Gasteiger partial charge in [0, 0.05) is 6.42 Å². The fourth-order valence-corrected chi connectivity index (χ4v) is 9.64. The first kappa shape index (κ1) is 65.2. The number of aliphatic hydroxyl groups excluding tert-OH is 1. The molecule has 0 aliphatic rings. The van der Waals surface area contributed by atoms with Crippen LogP contribution in [0.2, 0.25) is 0 Å². The zero-order chi connectivity index (χ0) is 48.5. The normalized spacial score (nSPS) is 14.0. The molecule has 0 radical (unpaired) electrons. The molecule has 66 heavy (non-hydrogen) atoms. The van der Waals surface area contributed by atoms with E-state index >= 15 is 0 Å². The Morgan fingerprint density at radius 3 is 1.18 bits per heavy atom. The molecule has 0 bridgehead atoms. The second-order valence-corrected chi connectivity index (χ2v) is 22.8. The van der Waals surface area contributed by atoms with Crippen LogP contribution in [-0.4, -0.2) is 68.5 Å². The third kappa shape index (κ3) is 51.1. The first-order valence-electron chi connectivity index (χ1n) is 29.0. The van der Waals surface area contributed by atoms with Crippen LogP contribution in [0, 0.1) is 0 Å². The number of carbonyl (C=O) groups excluding carboxylic acids is 1. The zero-order valence-corrected chi connectivity index (χ0v) is 45.8. The Balaban J connectivity index is 4.09. The molecule has 0 aromatic heterocycles. The van der Waals surface area contributed by atoms with E-state index in [0.717, 1.165) is 38.5 Å². The quantitative estimate of drug-likeness (QED) is 0.0272. The Bertz CT molecular complexity index is 1080. The van der Waals surface area contributed by atoms with Crippen LogP contribution in [0.15, 0.2) is 12.2 Å². The molecule has 0 rings (SSSR count). The second-order valence-electron chi connectivity index (χ2n) is 21.4. The summed E-state index contributed by atoms with van der Waals surface area (Å²) in [5, 5.41) is 14.0. The maximum Gasteiger partial charge on any atom is 0.268 e. The van der Waals surface area contributed by atoms with Gasteiger partial charge in [-0.05, 0) is 38.5 Å². The molecule has 8 nitrogen and oxygen atoms in total. The van der Waals surface area contributed by atoms with E-state index in [9.17, 15) is 19.4 Å². The fourth-order valence-electron chi connectivity index (χ4n) is 8.92. The lowest BCUT2D eigenvalue weighted by Gasteiger charge is -2.30. The summed E-state index contributed by atoms with van der Waals surface area (Å²) in [5.74, 6) is -0.159. The van der Waals surface area contributed by atoms with Crippen molar-refractivity contribution in [3.05, 3.63) is 12.2 Å². The van der Waals surface area contributed by atoms with E-state index in [-0.39, 0.29) is 19.1 Å². The lowest BCUT2D eigenvalue weighted by atomic mass is 10.0. The van der Waals surface area contributed by atoms with Crippen molar-refractivity contribution in [3.63, 3.8) is 0 Å². The van der Waals surface area contributed by atoms with E-state index in [0.29, 0.717) is 23.9 Å². The van der Waals surface area contributed by atoms with Gasteiger partial charge in [-0.25, -0.2) is 0 Å². The van der Waals surface area contributed by atoms with Gasteiger partial charge in [0.15, 0.2) is 0 Å². The Morgan fingerprint density at radius 2 is 0.833 bits per heavy atom. The highest BCUT2D eigenvalue weighted by Crippen LogP contribution is 2.38. The summed E-state index contributed by atoms with van der Waals surface area (Å²) in [6.07, 6.45) is 59.6. The average Bonchev–Trinajstić information content (AvgIpc) is 3.28. The van der Waals surface area contributed by atoms with Crippen LogP contribution >= 0.6 is 7.82 Å². The number of phosphoric acid groups is 1. The molecule has 0 spiro atoms. The van der Waals surface area contributed by atoms with E-state index in [1.165, 1.54) is 231 Å². The minimum absolute atomic E-state index is 0.0152. The van der Waals surface area contributed by atoms with Gasteiger partial charge >= 0.3 is 0 Å². The van der Waals surface area contributed by atoms with Gasteiger partial charge in [-0.1, -0.05) is 264 Å². The smallest absolute Gasteiger partial charge is 0.268 e.